The highest BCUT2D eigenvalue weighted by molar-refractivity contribution is 8.00. The van der Waals surface area contributed by atoms with Crippen molar-refractivity contribution >= 4 is 29.1 Å². The lowest BCUT2D eigenvalue weighted by Gasteiger charge is -2.17. The molecule has 0 unspecified atom stereocenters. The van der Waals surface area contributed by atoms with Crippen molar-refractivity contribution in [1.82, 2.24) is 0 Å². The van der Waals surface area contributed by atoms with E-state index in [1.165, 1.54) is 11.1 Å². The molecule has 19 heavy (non-hydrogen) atoms. The first-order valence-electron chi connectivity index (χ1n) is 6.10. The van der Waals surface area contributed by atoms with Crippen LogP contribution in [0.5, 0.6) is 0 Å². The summed E-state index contributed by atoms with van der Waals surface area (Å²) in [5, 5.41) is 0.176. The third kappa shape index (κ3) is 4.12. The summed E-state index contributed by atoms with van der Waals surface area (Å²) >= 11 is 7.19. The maximum Gasteiger partial charge on any atom is 0.157 e. The predicted molar refractivity (Wildman–Crippen MR) is 82.9 cm³/mol. The molecule has 0 saturated heterocycles. The minimum absolute atomic E-state index is 0.0727. The van der Waals surface area contributed by atoms with E-state index in [0.717, 1.165) is 0 Å². The molecule has 3 heteroatoms. The highest BCUT2D eigenvalue weighted by Crippen LogP contribution is 2.35. The van der Waals surface area contributed by atoms with E-state index in [-0.39, 0.29) is 16.9 Å². The molecule has 98 valence electrons. The van der Waals surface area contributed by atoms with Crippen LogP contribution in [0.1, 0.15) is 16.4 Å². The molecular formula is C16H15ClOS. The van der Waals surface area contributed by atoms with Crippen LogP contribution in [-0.4, -0.2) is 17.4 Å². The topological polar surface area (TPSA) is 17.1 Å². The van der Waals surface area contributed by atoms with Crippen molar-refractivity contribution in [3.8, 4) is 0 Å². The fraction of sp³-hybridized carbons (Fsp3) is 0.188. The molecule has 0 amide bonds. The van der Waals surface area contributed by atoms with Gasteiger partial charge in [-0.2, -0.15) is 0 Å². The zero-order valence-corrected chi connectivity index (χ0v) is 12.0. The number of benzene rings is 2. The number of ketones is 1. The third-order valence-electron chi connectivity index (χ3n) is 2.76. The van der Waals surface area contributed by atoms with Crippen LogP contribution in [0.2, 0.25) is 0 Å². The lowest BCUT2D eigenvalue weighted by atomic mass is 10.0. The van der Waals surface area contributed by atoms with Crippen molar-refractivity contribution in [2.45, 2.75) is 5.25 Å². The summed E-state index contributed by atoms with van der Waals surface area (Å²) in [5.41, 5.74) is 2.42. The minimum Gasteiger partial charge on any atom is -0.297 e. The first kappa shape index (κ1) is 14.2. The van der Waals surface area contributed by atoms with Crippen LogP contribution in [0.25, 0.3) is 0 Å². The molecular weight excluding hydrogens is 276 g/mol. The molecule has 0 saturated carbocycles. The normalized spacial score (nSPS) is 10.6. The van der Waals surface area contributed by atoms with Gasteiger partial charge in [-0.25, -0.2) is 0 Å². The highest BCUT2D eigenvalue weighted by atomic mass is 35.5. The Bertz CT molecular complexity index is 473. The molecule has 0 spiro atoms. The maximum absolute atomic E-state index is 11.4. The Balaban J connectivity index is 2.21. The smallest absolute Gasteiger partial charge is 0.157 e. The average Bonchev–Trinajstić information content (AvgIpc) is 2.49. The largest absolute Gasteiger partial charge is 0.297 e. The van der Waals surface area contributed by atoms with E-state index in [2.05, 4.69) is 24.3 Å². The molecule has 0 aliphatic carbocycles. The average molecular weight is 291 g/mol. The standard InChI is InChI=1S/C16H15ClOS/c17-11-15(18)12-19-16(13-7-3-1-4-8-13)14-9-5-2-6-10-14/h1-10,16H,11-12H2. The number of carbonyl (C=O) groups is 1. The Morgan fingerprint density at radius 3 is 1.84 bits per heavy atom. The van der Waals surface area contributed by atoms with Crippen LogP contribution < -0.4 is 0 Å². The summed E-state index contributed by atoms with van der Waals surface area (Å²) in [6.07, 6.45) is 0. The SMILES string of the molecule is O=C(CCl)CSC(c1ccccc1)c1ccccc1. The van der Waals surface area contributed by atoms with Crippen LogP contribution in [0, 0.1) is 0 Å². The van der Waals surface area contributed by atoms with E-state index >= 15 is 0 Å². The van der Waals surface area contributed by atoms with Crippen LogP contribution in [-0.2, 0) is 4.79 Å². The Hall–Kier alpha value is -1.25. The van der Waals surface area contributed by atoms with Gasteiger partial charge in [0.15, 0.2) is 5.78 Å². The van der Waals surface area contributed by atoms with E-state index in [0.29, 0.717) is 5.75 Å². The van der Waals surface area contributed by atoms with Crippen molar-refractivity contribution in [2.75, 3.05) is 11.6 Å². The quantitative estimate of drug-likeness (QED) is 0.737. The number of alkyl halides is 1. The number of hydrogen-bond acceptors (Lipinski definition) is 2. The summed E-state index contributed by atoms with van der Waals surface area (Å²) in [6.45, 7) is 0. The van der Waals surface area contributed by atoms with Gasteiger partial charge in [0.25, 0.3) is 0 Å². The van der Waals surface area contributed by atoms with Crippen molar-refractivity contribution in [3.63, 3.8) is 0 Å². The second-order valence-electron chi connectivity index (χ2n) is 4.18. The lowest BCUT2D eigenvalue weighted by molar-refractivity contribution is -0.114. The zero-order valence-electron chi connectivity index (χ0n) is 10.5. The van der Waals surface area contributed by atoms with Gasteiger partial charge >= 0.3 is 0 Å². The van der Waals surface area contributed by atoms with Gasteiger partial charge in [0.05, 0.1) is 16.9 Å². The van der Waals surface area contributed by atoms with Gasteiger partial charge in [-0.15, -0.1) is 23.4 Å². The van der Waals surface area contributed by atoms with Gasteiger partial charge in [-0.3, -0.25) is 4.79 Å². The number of hydrogen-bond donors (Lipinski definition) is 0. The molecule has 0 radical (unpaired) electrons. The summed E-state index contributed by atoms with van der Waals surface area (Å²) in [6, 6.07) is 20.5. The first-order chi connectivity index (χ1) is 9.31. The number of rotatable bonds is 6. The number of halogens is 1. The van der Waals surface area contributed by atoms with Crippen molar-refractivity contribution in [2.24, 2.45) is 0 Å². The summed E-state index contributed by atoms with van der Waals surface area (Å²) in [4.78, 5) is 11.4. The number of thioether (sulfide) groups is 1. The third-order valence-corrected chi connectivity index (χ3v) is 4.43. The predicted octanol–water partition coefficient (Wildman–Crippen LogP) is 4.32. The zero-order chi connectivity index (χ0) is 13.5. The molecule has 0 heterocycles. The van der Waals surface area contributed by atoms with Gasteiger partial charge < -0.3 is 0 Å². The Labute approximate surface area is 123 Å². The molecule has 2 aromatic rings. The molecule has 0 aliphatic heterocycles. The first-order valence-corrected chi connectivity index (χ1v) is 7.68. The number of carbonyl (C=O) groups excluding carboxylic acids is 1. The summed E-state index contributed by atoms with van der Waals surface area (Å²) < 4.78 is 0. The van der Waals surface area contributed by atoms with Gasteiger partial charge in [-0.05, 0) is 11.1 Å². The lowest BCUT2D eigenvalue weighted by Crippen LogP contribution is -2.06. The second kappa shape index (κ2) is 7.37. The monoisotopic (exact) mass is 290 g/mol. The van der Waals surface area contributed by atoms with Crippen molar-refractivity contribution < 1.29 is 4.79 Å². The van der Waals surface area contributed by atoms with E-state index < -0.39 is 0 Å². The number of Topliss-reactive ketones (excluding diaryl/α,β-unsaturated/α-hetero) is 1. The Kier molecular flexibility index (Phi) is 5.49. The van der Waals surface area contributed by atoms with Crippen LogP contribution in [0.3, 0.4) is 0 Å². The molecule has 2 aromatic carbocycles. The molecule has 0 bridgehead atoms. The molecule has 1 nitrogen and oxygen atoms in total. The van der Waals surface area contributed by atoms with Crippen molar-refractivity contribution in [3.05, 3.63) is 71.8 Å². The van der Waals surface area contributed by atoms with E-state index in [4.69, 9.17) is 11.6 Å². The van der Waals surface area contributed by atoms with E-state index in [1.54, 1.807) is 11.8 Å². The van der Waals surface area contributed by atoms with Gasteiger partial charge in [0, 0.05) is 0 Å². The molecule has 0 aromatic heterocycles. The van der Waals surface area contributed by atoms with E-state index in [1.807, 2.05) is 36.4 Å². The van der Waals surface area contributed by atoms with Gasteiger partial charge in [0.1, 0.15) is 0 Å². The molecule has 0 aliphatic rings. The van der Waals surface area contributed by atoms with Crippen molar-refractivity contribution in [1.29, 1.82) is 0 Å². The Morgan fingerprint density at radius 1 is 0.947 bits per heavy atom. The second-order valence-corrected chi connectivity index (χ2v) is 5.55. The summed E-state index contributed by atoms with van der Waals surface area (Å²) in [5.74, 6) is 0.602. The minimum atomic E-state index is 0.0727. The molecule has 0 atom stereocenters. The van der Waals surface area contributed by atoms with Gasteiger partial charge in [-0.1, -0.05) is 60.7 Å². The van der Waals surface area contributed by atoms with Crippen LogP contribution >= 0.6 is 23.4 Å². The van der Waals surface area contributed by atoms with Crippen LogP contribution in [0.4, 0.5) is 0 Å². The van der Waals surface area contributed by atoms with Gasteiger partial charge in [0.2, 0.25) is 0 Å². The maximum atomic E-state index is 11.4. The summed E-state index contributed by atoms with van der Waals surface area (Å²) in [7, 11) is 0. The highest BCUT2D eigenvalue weighted by Gasteiger charge is 2.15. The van der Waals surface area contributed by atoms with Crippen LogP contribution in [0.15, 0.2) is 60.7 Å². The fourth-order valence-electron chi connectivity index (χ4n) is 1.86. The molecule has 0 fully saturated rings. The molecule has 2 rings (SSSR count). The van der Waals surface area contributed by atoms with E-state index in [9.17, 15) is 4.79 Å². The fourth-order valence-corrected chi connectivity index (χ4v) is 3.22. The Morgan fingerprint density at radius 2 is 1.42 bits per heavy atom. The molecule has 0 N–H and O–H groups in total.